The Kier molecular flexibility index (Phi) is 4.39. The van der Waals surface area contributed by atoms with Crippen LogP contribution in [-0.2, 0) is 0 Å². The van der Waals surface area contributed by atoms with Gasteiger partial charge in [-0.3, -0.25) is 14.9 Å². The molecule has 0 saturated heterocycles. The minimum Gasteiger partial charge on any atom is -0.497 e. The van der Waals surface area contributed by atoms with Crippen LogP contribution in [-0.4, -0.2) is 17.9 Å². The van der Waals surface area contributed by atoms with Gasteiger partial charge in [0, 0.05) is 22.8 Å². The highest BCUT2D eigenvalue weighted by Gasteiger charge is 2.20. The van der Waals surface area contributed by atoms with E-state index in [4.69, 9.17) is 16.3 Å². The molecule has 1 N–H and O–H groups in total. The van der Waals surface area contributed by atoms with Gasteiger partial charge in [-0.1, -0.05) is 17.7 Å². The lowest BCUT2D eigenvalue weighted by Gasteiger charge is -2.07. The van der Waals surface area contributed by atoms with Crippen molar-refractivity contribution >= 4 is 28.9 Å². The smallest absolute Gasteiger partial charge is 0.282 e. The van der Waals surface area contributed by atoms with Gasteiger partial charge in [0.1, 0.15) is 11.3 Å². The van der Waals surface area contributed by atoms with Crippen LogP contribution in [0.3, 0.4) is 0 Å². The molecule has 21 heavy (non-hydrogen) atoms. The second kappa shape index (κ2) is 6.23. The molecule has 0 aliphatic heterocycles. The highest BCUT2D eigenvalue weighted by Crippen LogP contribution is 2.24. The average Bonchev–Trinajstić information content (AvgIpc) is 2.47. The SMILES string of the molecule is COc1cccc(NC(=O)c2cc(Cl)ccc2[N+](=O)[O-])c1. The fourth-order valence-corrected chi connectivity index (χ4v) is 1.92. The van der Waals surface area contributed by atoms with E-state index in [-0.39, 0.29) is 16.3 Å². The van der Waals surface area contributed by atoms with E-state index in [1.54, 1.807) is 24.3 Å². The van der Waals surface area contributed by atoms with E-state index in [1.165, 1.54) is 25.3 Å². The summed E-state index contributed by atoms with van der Waals surface area (Å²) in [4.78, 5) is 22.5. The monoisotopic (exact) mass is 306 g/mol. The number of hydrogen-bond acceptors (Lipinski definition) is 4. The van der Waals surface area contributed by atoms with E-state index in [0.717, 1.165) is 0 Å². The van der Waals surface area contributed by atoms with Crippen molar-refractivity contribution in [1.29, 1.82) is 0 Å². The van der Waals surface area contributed by atoms with Crippen LogP contribution in [0.5, 0.6) is 5.75 Å². The number of benzene rings is 2. The van der Waals surface area contributed by atoms with E-state index < -0.39 is 10.8 Å². The number of nitro groups is 1. The maximum Gasteiger partial charge on any atom is 0.282 e. The Bertz CT molecular complexity index is 703. The zero-order valence-electron chi connectivity index (χ0n) is 11.0. The normalized spacial score (nSPS) is 10.0. The number of anilines is 1. The summed E-state index contributed by atoms with van der Waals surface area (Å²) < 4.78 is 5.04. The molecule has 2 aromatic carbocycles. The van der Waals surface area contributed by atoms with Crippen molar-refractivity contribution in [2.75, 3.05) is 12.4 Å². The Labute approximate surface area is 125 Å². The van der Waals surface area contributed by atoms with E-state index in [2.05, 4.69) is 5.32 Å². The molecule has 2 aromatic rings. The Hall–Kier alpha value is -2.60. The van der Waals surface area contributed by atoms with Crippen LogP contribution in [0.1, 0.15) is 10.4 Å². The number of carbonyl (C=O) groups excluding carboxylic acids is 1. The van der Waals surface area contributed by atoms with Crippen molar-refractivity contribution in [2.24, 2.45) is 0 Å². The molecule has 7 heteroatoms. The second-order valence-electron chi connectivity index (χ2n) is 4.10. The number of nitrogens with zero attached hydrogens (tertiary/aromatic N) is 1. The zero-order chi connectivity index (χ0) is 15.4. The summed E-state index contributed by atoms with van der Waals surface area (Å²) in [5.41, 5.74) is 0.0590. The van der Waals surface area contributed by atoms with Gasteiger partial charge in [0.05, 0.1) is 12.0 Å². The van der Waals surface area contributed by atoms with Crippen molar-refractivity contribution < 1.29 is 14.5 Å². The summed E-state index contributed by atoms with van der Waals surface area (Å²) in [6.45, 7) is 0. The standard InChI is InChI=1S/C14H11ClN2O4/c1-21-11-4-2-3-10(8-11)16-14(18)12-7-9(15)5-6-13(12)17(19)20/h2-8H,1H3,(H,16,18). The third-order valence-electron chi connectivity index (χ3n) is 2.73. The quantitative estimate of drug-likeness (QED) is 0.692. The van der Waals surface area contributed by atoms with E-state index in [1.807, 2.05) is 0 Å². The highest BCUT2D eigenvalue weighted by molar-refractivity contribution is 6.31. The van der Waals surface area contributed by atoms with Crippen LogP contribution < -0.4 is 10.1 Å². The molecule has 1 amide bonds. The van der Waals surface area contributed by atoms with Crippen LogP contribution in [0.15, 0.2) is 42.5 Å². The first-order valence-electron chi connectivity index (χ1n) is 5.90. The second-order valence-corrected chi connectivity index (χ2v) is 4.54. The Morgan fingerprint density at radius 3 is 2.71 bits per heavy atom. The maximum atomic E-state index is 12.2. The van der Waals surface area contributed by atoms with Gasteiger partial charge in [-0.2, -0.15) is 0 Å². The number of carbonyl (C=O) groups is 1. The van der Waals surface area contributed by atoms with Crippen LogP contribution in [0.2, 0.25) is 5.02 Å². The molecule has 0 aliphatic carbocycles. The molecule has 0 saturated carbocycles. The topological polar surface area (TPSA) is 81.5 Å². The van der Waals surface area contributed by atoms with Gasteiger partial charge < -0.3 is 10.1 Å². The molecule has 108 valence electrons. The Morgan fingerprint density at radius 2 is 2.05 bits per heavy atom. The Balaban J connectivity index is 2.31. The summed E-state index contributed by atoms with van der Waals surface area (Å²) in [6.07, 6.45) is 0. The molecule has 6 nitrogen and oxygen atoms in total. The predicted octanol–water partition coefficient (Wildman–Crippen LogP) is 3.51. The number of nitrogens with one attached hydrogen (secondary N) is 1. The van der Waals surface area contributed by atoms with E-state index in [0.29, 0.717) is 11.4 Å². The summed E-state index contributed by atoms with van der Waals surface area (Å²) in [7, 11) is 1.50. The van der Waals surface area contributed by atoms with Crippen molar-refractivity contribution in [1.82, 2.24) is 0 Å². The molecule has 0 bridgehead atoms. The van der Waals surface area contributed by atoms with Crippen LogP contribution >= 0.6 is 11.6 Å². The minimum absolute atomic E-state index is 0.102. The number of methoxy groups -OCH3 is 1. The number of halogens is 1. The van der Waals surface area contributed by atoms with Gasteiger partial charge in [0.2, 0.25) is 0 Å². The molecule has 0 aromatic heterocycles. The lowest BCUT2D eigenvalue weighted by molar-refractivity contribution is -0.385. The molecule has 0 fully saturated rings. The van der Waals surface area contributed by atoms with Gasteiger partial charge in [-0.15, -0.1) is 0 Å². The molecule has 0 radical (unpaired) electrons. The average molecular weight is 307 g/mol. The maximum absolute atomic E-state index is 12.2. The molecule has 0 spiro atoms. The van der Waals surface area contributed by atoms with Crippen LogP contribution in [0.4, 0.5) is 11.4 Å². The van der Waals surface area contributed by atoms with Gasteiger partial charge in [-0.25, -0.2) is 0 Å². The summed E-state index contributed by atoms with van der Waals surface area (Å²) in [5, 5.41) is 13.8. The van der Waals surface area contributed by atoms with Crippen LogP contribution in [0.25, 0.3) is 0 Å². The van der Waals surface area contributed by atoms with Crippen molar-refractivity contribution in [3.05, 3.63) is 63.2 Å². The molecular weight excluding hydrogens is 296 g/mol. The summed E-state index contributed by atoms with van der Waals surface area (Å²) in [6, 6.07) is 10.5. The largest absolute Gasteiger partial charge is 0.497 e. The fourth-order valence-electron chi connectivity index (χ4n) is 1.75. The zero-order valence-corrected chi connectivity index (χ0v) is 11.8. The number of rotatable bonds is 4. The third kappa shape index (κ3) is 3.49. The van der Waals surface area contributed by atoms with Crippen molar-refractivity contribution in [2.45, 2.75) is 0 Å². The number of nitro benzene ring substituents is 1. The molecule has 0 heterocycles. The van der Waals surface area contributed by atoms with Gasteiger partial charge in [-0.05, 0) is 24.3 Å². The van der Waals surface area contributed by atoms with E-state index in [9.17, 15) is 14.9 Å². The van der Waals surface area contributed by atoms with Gasteiger partial charge in [0.25, 0.3) is 11.6 Å². The summed E-state index contributed by atoms with van der Waals surface area (Å²) in [5.74, 6) is -0.0501. The number of ether oxygens (including phenoxy) is 1. The molecular formula is C14H11ClN2O4. The fraction of sp³-hybridized carbons (Fsp3) is 0.0714. The highest BCUT2D eigenvalue weighted by atomic mass is 35.5. The predicted molar refractivity (Wildman–Crippen MR) is 79.1 cm³/mol. The molecule has 0 aliphatic rings. The molecule has 0 unspecified atom stereocenters. The van der Waals surface area contributed by atoms with Gasteiger partial charge in [0.15, 0.2) is 0 Å². The van der Waals surface area contributed by atoms with Crippen molar-refractivity contribution in [3.8, 4) is 5.75 Å². The first-order valence-corrected chi connectivity index (χ1v) is 6.28. The van der Waals surface area contributed by atoms with Crippen molar-refractivity contribution in [3.63, 3.8) is 0 Å². The molecule has 0 atom stereocenters. The first kappa shape index (κ1) is 14.8. The third-order valence-corrected chi connectivity index (χ3v) is 2.96. The molecule has 2 rings (SSSR count). The summed E-state index contributed by atoms with van der Waals surface area (Å²) >= 11 is 5.79. The number of hydrogen-bond donors (Lipinski definition) is 1. The Morgan fingerprint density at radius 1 is 1.29 bits per heavy atom. The first-order chi connectivity index (χ1) is 10.0. The van der Waals surface area contributed by atoms with Crippen LogP contribution in [0, 0.1) is 10.1 Å². The van der Waals surface area contributed by atoms with E-state index >= 15 is 0 Å². The number of amides is 1. The van der Waals surface area contributed by atoms with Gasteiger partial charge >= 0.3 is 0 Å². The minimum atomic E-state index is -0.628. The lowest BCUT2D eigenvalue weighted by Crippen LogP contribution is -2.14. The lowest BCUT2D eigenvalue weighted by atomic mass is 10.1.